The normalized spacial score (nSPS) is 21.3. The lowest BCUT2D eigenvalue weighted by molar-refractivity contribution is -0.102. The third-order valence-corrected chi connectivity index (χ3v) is 5.84. The lowest BCUT2D eigenvalue weighted by Gasteiger charge is -2.46. The molecule has 0 saturated carbocycles. The van der Waals surface area contributed by atoms with Gasteiger partial charge in [0.05, 0.1) is 11.6 Å². The van der Waals surface area contributed by atoms with E-state index in [-0.39, 0.29) is 12.1 Å². The summed E-state index contributed by atoms with van der Waals surface area (Å²) in [6.07, 6.45) is 1.48. The fourth-order valence-corrected chi connectivity index (χ4v) is 4.41. The molecule has 1 saturated heterocycles. The second-order valence-corrected chi connectivity index (χ2v) is 9.05. The van der Waals surface area contributed by atoms with Gasteiger partial charge in [0.1, 0.15) is 5.60 Å². The van der Waals surface area contributed by atoms with Gasteiger partial charge in [-0.25, -0.2) is 4.79 Å². The lowest BCUT2D eigenvalue weighted by Crippen LogP contribution is -2.51. The van der Waals surface area contributed by atoms with E-state index in [1.165, 1.54) is 0 Å². The number of benzene rings is 2. The number of ether oxygens (including phenoxy) is 1. The number of halogens is 1. The topological polar surface area (TPSA) is 49.8 Å². The Hall–Kier alpha value is -1.85. The molecule has 1 amide bonds. The Morgan fingerprint density at radius 1 is 1.18 bits per heavy atom. The summed E-state index contributed by atoms with van der Waals surface area (Å²) in [6, 6.07) is 17.8. The monoisotopic (exact) mass is 445 g/mol. The van der Waals surface area contributed by atoms with E-state index in [9.17, 15) is 9.90 Å². The molecule has 0 radical (unpaired) electrons. The van der Waals surface area contributed by atoms with E-state index in [1.54, 1.807) is 13.8 Å². The molecule has 28 heavy (non-hydrogen) atoms. The van der Waals surface area contributed by atoms with Gasteiger partial charge in [0.2, 0.25) is 0 Å². The van der Waals surface area contributed by atoms with Crippen molar-refractivity contribution in [3.63, 3.8) is 0 Å². The van der Waals surface area contributed by atoms with Crippen LogP contribution in [-0.2, 0) is 10.3 Å². The van der Waals surface area contributed by atoms with Crippen LogP contribution in [0.5, 0.6) is 0 Å². The van der Waals surface area contributed by atoms with Crippen LogP contribution in [-0.4, -0.2) is 28.2 Å². The molecule has 5 heteroatoms. The highest BCUT2D eigenvalue weighted by atomic mass is 79.9. The number of cyclic esters (lactones) is 1. The first kappa shape index (κ1) is 20.9. The van der Waals surface area contributed by atoms with Crippen molar-refractivity contribution in [2.75, 3.05) is 6.54 Å². The number of amides is 1. The van der Waals surface area contributed by atoms with Gasteiger partial charge in [-0.2, -0.15) is 0 Å². The molecule has 1 aliphatic rings. The van der Waals surface area contributed by atoms with E-state index in [4.69, 9.17) is 4.74 Å². The van der Waals surface area contributed by atoms with Crippen molar-refractivity contribution in [1.82, 2.24) is 4.90 Å². The minimum Gasteiger partial charge on any atom is -0.438 e. The summed E-state index contributed by atoms with van der Waals surface area (Å²) in [5, 5.41) is 10.5. The number of rotatable bonds is 6. The predicted octanol–water partition coefficient (Wildman–Crippen LogP) is 5.80. The summed E-state index contributed by atoms with van der Waals surface area (Å²) in [5.74, 6) is 0. The first-order valence-electron chi connectivity index (χ1n) is 9.77. The number of aliphatic hydroxyl groups is 1. The van der Waals surface area contributed by atoms with Crippen LogP contribution < -0.4 is 0 Å². The largest absolute Gasteiger partial charge is 0.438 e. The Morgan fingerprint density at radius 3 is 2.36 bits per heavy atom. The Labute approximate surface area is 175 Å². The standard InChI is InChI=1S/C23H28BrNO3/c1-4-20(17-10-12-19(24)13-11-17)25-15-14-23(28-21(25)26,16-22(2,3)27)18-8-6-5-7-9-18/h5-13,20,27H,4,14-16H2,1-3H3/t20-,23-/m0/s1. The average Bonchev–Trinajstić information content (AvgIpc) is 2.65. The second-order valence-electron chi connectivity index (χ2n) is 8.14. The van der Waals surface area contributed by atoms with Crippen LogP contribution in [0.15, 0.2) is 59.1 Å². The zero-order valence-electron chi connectivity index (χ0n) is 16.7. The Morgan fingerprint density at radius 2 is 1.82 bits per heavy atom. The molecule has 1 N–H and O–H groups in total. The van der Waals surface area contributed by atoms with Crippen LogP contribution in [0.1, 0.15) is 57.2 Å². The minimum absolute atomic E-state index is 0.0310. The molecular formula is C23H28BrNO3. The fourth-order valence-electron chi connectivity index (χ4n) is 4.14. The molecule has 1 fully saturated rings. The Kier molecular flexibility index (Phi) is 6.15. The van der Waals surface area contributed by atoms with Crippen molar-refractivity contribution < 1.29 is 14.6 Å². The fraction of sp³-hybridized carbons (Fsp3) is 0.435. The molecule has 1 heterocycles. The summed E-state index contributed by atoms with van der Waals surface area (Å²) in [5.41, 5.74) is 0.262. The van der Waals surface area contributed by atoms with Crippen molar-refractivity contribution in [3.8, 4) is 0 Å². The molecule has 2 atom stereocenters. The van der Waals surface area contributed by atoms with Gasteiger partial charge in [-0.15, -0.1) is 0 Å². The number of carbonyl (C=O) groups is 1. The molecule has 0 aliphatic carbocycles. The molecule has 0 bridgehead atoms. The Bertz CT molecular complexity index is 801. The van der Waals surface area contributed by atoms with Crippen LogP contribution in [0.4, 0.5) is 4.79 Å². The molecule has 2 aromatic carbocycles. The van der Waals surface area contributed by atoms with Crippen LogP contribution in [0.3, 0.4) is 0 Å². The van der Waals surface area contributed by atoms with Crippen molar-refractivity contribution in [1.29, 1.82) is 0 Å². The number of hydrogen-bond acceptors (Lipinski definition) is 3. The van der Waals surface area contributed by atoms with Crippen molar-refractivity contribution >= 4 is 22.0 Å². The van der Waals surface area contributed by atoms with E-state index in [2.05, 4.69) is 22.9 Å². The summed E-state index contributed by atoms with van der Waals surface area (Å²) >= 11 is 3.46. The molecule has 0 aromatic heterocycles. The molecule has 2 aromatic rings. The molecule has 3 rings (SSSR count). The van der Waals surface area contributed by atoms with E-state index in [1.807, 2.05) is 59.5 Å². The zero-order chi connectivity index (χ0) is 20.4. The van der Waals surface area contributed by atoms with Gasteiger partial charge in [-0.05, 0) is 43.5 Å². The maximum Gasteiger partial charge on any atom is 0.411 e. The van der Waals surface area contributed by atoms with Gasteiger partial charge in [0.15, 0.2) is 0 Å². The van der Waals surface area contributed by atoms with Gasteiger partial charge in [-0.1, -0.05) is 65.3 Å². The van der Waals surface area contributed by atoms with Crippen molar-refractivity contribution in [3.05, 3.63) is 70.2 Å². The van der Waals surface area contributed by atoms with Crippen LogP contribution in [0, 0.1) is 0 Å². The Balaban J connectivity index is 1.88. The van der Waals surface area contributed by atoms with E-state index < -0.39 is 11.2 Å². The van der Waals surface area contributed by atoms with Gasteiger partial charge in [-0.3, -0.25) is 0 Å². The van der Waals surface area contributed by atoms with E-state index >= 15 is 0 Å². The van der Waals surface area contributed by atoms with Crippen molar-refractivity contribution in [2.24, 2.45) is 0 Å². The number of hydrogen-bond donors (Lipinski definition) is 1. The SMILES string of the molecule is CC[C@@H](c1ccc(Br)cc1)N1CC[C@](CC(C)(C)O)(c2ccccc2)OC1=O. The van der Waals surface area contributed by atoms with E-state index in [0.29, 0.717) is 19.4 Å². The van der Waals surface area contributed by atoms with Gasteiger partial charge in [0.25, 0.3) is 0 Å². The summed E-state index contributed by atoms with van der Waals surface area (Å²) in [6.45, 7) is 6.18. The number of carbonyl (C=O) groups excluding carboxylic acids is 1. The molecule has 150 valence electrons. The van der Waals surface area contributed by atoms with Gasteiger partial charge < -0.3 is 14.7 Å². The summed E-state index contributed by atoms with van der Waals surface area (Å²) in [7, 11) is 0. The van der Waals surface area contributed by atoms with Gasteiger partial charge >= 0.3 is 6.09 Å². The quantitative estimate of drug-likeness (QED) is 0.610. The van der Waals surface area contributed by atoms with Crippen LogP contribution in [0.2, 0.25) is 0 Å². The number of nitrogens with zero attached hydrogens (tertiary/aromatic N) is 1. The molecule has 0 unspecified atom stereocenters. The lowest BCUT2D eigenvalue weighted by atomic mass is 9.80. The first-order valence-corrected chi connectivity index (χ1v) is 10.6. The van der Waals surface area contributed by atoms with Crippen LogP contribution >= 0.6 is 15.9 Å². The molecule has 1 aliphatic heterocycles. The highest BCUT2D eigenvalue weighted by Crippen LogP contribution is 2.42. The predicted molar refractivity (Wildman–Crippen MR) is 114 cm³/mol. The van der Waals surface area contributed by atoms with Crippen molar-refractivity contribution in [2.45, 2.75) is 57.3 Å². The summed E-state index contributed by atoms with van der Waals surface area (Å²) in [4.78, 5) is 14.9. The van der Waals surface area contributed by atoms with Crippen LogP contribution in [0.25, 0.3) is 0 Å². The zero-order valence-corrected chi connectivity index (χ0v) is 18.3. The average molecular weight is 446 g/mol. The highest BCUT2D eigenvalue weighted by molar-refractivity contribution is 9.10. The minimum atomic E-state index is -0.950. The molecule has 0 spiro atoms. The maximum atomic E-state index is 13.1. The maximum absolute atomic E-state index is 13.1. The smallest absolute Gasteiger partial charge is 0.411 e. The third-order valence-electron chi connectivity index (χ3n) is 5.31. The second kappa shape index (κ2) is 8.26. The summed E-state index contributed by atoms with van der Waals surface area (Å²) < 4.78 is 7.11. The molecule has 4 nitrogen and oxygen atoms in total. The van der Waals surface area contributed by atoms with E-state index in [0.717, 1.165) is 22.0 Å². The van der Waals surface area contributed by atoms with Gasteiger partial charge in [0, 0.05) is 23.9 Å². The highest BCUT2D eigenvalue weighted by Gasteiger charge is 2.46. The third kappa shape index (κ3) is 4.58. The molecular weight excluding hydrogens is 418 g/mol. The first-order chi connectivity index (χ1) is 13.2.